The second kappa shape index (κ2) is 7.34. The maximum Gasteiger partial charge on any atom is 0.197 e. The summed E-state index contributed by atoms with van der Waals surface area (Å²) in [5.74, 6) is 0.492. The topological polar surface area (TPSA) is 69.4 Å². The molecule has 0 saturated carbocycles. The second-order valence-corrected chi connectivity index (χ2v) is 8.03. The van der Waals surface area contributed by atoms with E-state index in [1.54, 1.807) is 30.9 Å². The number of fused-ring (bicyclic) bond motifs is 1. The number of nitrogens with zero attached hydrogens (tertiary/aromatic N) is 6. The largest absolute Gasteiger partial charge is 0.305 e. The highest BCUT2D eigenvalue weighted by molar-refractivity contribution is 7.99. The van der Waals surface area contributed by atoms with Crippen molar-refractivity contribution < 1.29 is 4.39 Å². The van der Waals surface area contributed by atoms with Crippen LogP contribution in [-0.2, 0) is 7.05 Å². The summed E-state index contributed by atoms with van der Waals surface area (Å²) >= 11 is 2.97. The molecule has 0 bridgehead atoms. The number of hydrogen-bond donors (Lipinski definition) is 0. The molecule has 0 spiro atoms. The molecule has 5 aromatic rings. The van der Waals surface area contributed by atoms with Crippen LogP contribution in [0.25, 0.3) is 32.7 Å². The first-order valence-corrected chi connectivity index (χ1v) is 10.4. The van der Waals surface area contributed by atoms with E-state index in [4.69, 9.17) is 0 Å². The molecule has 0 saturated heterocycles. The standard InChI is InChI=1S/C20H13FN6S2/c1-27-17(13-6-8-22-9-7-13)25-26-20(27)29-19-16-15(10-28-18(16)23-11-24-19)12-2-4-14(21)5-3-12/h2-11H,1H3. The molecule has 4 heterocycles. The van der Waals surface area contributed by atoms with Crippen molar-refractivity contribution in [2.45, 2.75) is 10.2 Å². The number of benzene rings is 1. The summed E-state index contributed by atoms with van der Waals surface area (Å²) < 4.78 is 15.3. The van der Waals surface area contributed by atoms with Gasteiger partial charge in [0.05, 0.1) is 5.39 Å². The maximum atomic E-state index is 13.3. The minimum atomic E-state index is -0.262. The van der Waals surface area contributed by atoms with E-state index < -0.39 is 0 Å². The van der Waals surface area contributed by atoms with Crippen molar-refractivity contribution in [3.8, 4) is 22.5 Å². The average molecular weight is 420 g/mol. The number of aromatic nitrogens is 6. The third-order valence-corrected chi connectivity index (χ3v) is 6.38. The fourth-order valence-corrected chi connectivity index (χ4v) is 4.88. The Morgan fingerprint density at radius 1 is 0.966 bits per heavy atom. The zero-order valence-electron chi connectivity index (χ0n) is 15.2. The van der Waals surface area contributed by atoms with Gasteiger partial charge in [0.1, 0.15) is 22.0 Å². The lowest BCUT2D eigenvalue weighted by atomic mass is 10.1. The molecule has 5 rings (SSSR count). The van der Waals surface area contributed by atoms with Crippen molar-refractivity contribution in [2.24, 2.45) is 7.05 Å². The molecule has 29 heavy (non-hydrogen) atoms. The monoisotopic (exact) mass is 420 g/mol. The first kappa shape index (κ1) is 17.9. The summed E-state index contributed by atoms with van der Waals surface area (Å²) in [5, 5.41) is 13.1. The molecule has 0 aliphatic heterocycles. The molecule has 0 fully saturated rings. The zero-order valence-corrected chi connectivity index (χ0v) is 16.8. The van der Waals surface area contributed by atoms with E-state index in [0.717, 1.165) is 37.8 Å². The van der Waals surface area contributed by atoms with Gasteiger partial charge in [-0.1, -0.05) is 12.1 Å². The summed E-state index contributed by atoms with van der Waals surface area (Å²) in [6.07, 6.45) is 5.01. The molecule has 0 unspecified atom stereocenters. The Labute approximate surface area is 173 Å². The minimum absolute atomic E-state index is 0.262. The summed E-state index contributed by atoms with van der Waals surface area (Å²) in [4.78, 5) is 13.8. The SMILES string of the molecule is Cn1c(Sc2ncnc3scc(-c4ccc(F)cc4)c23)nnc1-c1ccncc1. The van der Waals surface area contributed by atoms with Crippen LogP contribution >= 0.6 is 23.1 Å². The Morgan fingerprint density at radius 2 is 1.76 bits per heavy atom. The van der Waals surface area contributed by atoms with Crippen molar-refractivity contribution >= 4 is 33.3 Å². The number of rotatable bonds is 4. The highest BCUT2D eigenvalue weighted by Crippen LogP contribution is 2.40. The van der Waals surface area contributed by atoms with Gasteiger partial charge in [0.2, 0.25) is 0 Å². The molecule has 142 valence electrons. The molecular weight excluding hydrogens is 407 g/mol. The normalized spacial score (nSPS) is 11.2. The highest BCUT2D eigenvalue weighted by Gasteiger charge is 2.18. The minimum Gasteiger partial charge on any atom is -0.305 e. The number of hydrogen-bond acceptors (Lipinski definition) is 7. The van der Waals surface area contributed by atoms with Crippen LogP contribution in [0.3, 0.4) is 0 Å². The van der Waals surface area contributed by atoms with Crippen LogP contribution in [0.5, 0.6) is 0 Å². The van der Waals surface area contributed by atoms with E-state index in [9.17, 15) is 4.39 Å². The van der Waals surface area contributed by atoms with Crippen LogP contribution < -0.4 is 0 Å². The molecule has 9 heteroatoms. The van der Waals surface area contributed by atoms with Crippen molar-refractivity contribution in [3.63, 3.8) is 0 Å². The lowest BCUT2D eigenvalue weighted by Crippen LogP contribution is -1.95. The second-order valence-electron chi connectivity index (χ2n) is 6.22. The van der Waals surface area contributed by atoms with E-state index >= 15 is 0 Å². The molecule has 0 aliphatic carbocycles. The third-order valence-electron chi connectivity index (χ3n) is 4.45. The average Bonchev–Trinajstić information content (AvgIpc) is 3.34. The first-order valence-electron chi connectivity index (χ1n) is 8.66. The van der Waals surface area contributed by atoms with E-state index in [-0.39, 0.29) is 5.82 Å². The van der Waals surface area contributed by atoms with Gasteiger partial charge in [-0.3, -0.25) is 4.98 Å². The predicted octanol–water partition coefficient (Wildman–Crippen LogP) is 4.84. The molecule has 0 radical (unpaired) electrons. The van der Waals surface area contributed by atoms with Crippen molar-refractivity contribution in [3.05, 3.63) is 66.3 Å². The van der Waals surface area contributed by atoms with Crippen molar-refractivity contribution in [1.82, 2.24) is 29.7 Å². The highest BCUT2D eigenvalue weighted by atomic mass is 32.2. The lowest BCUT2D eigenvalue weighted by molar-refractivity contribution is 0.628. The molecule has 0 atom stereocenters. The van der Waals surface area contributed by atoms with Crippen LogP contribution in [-0.4, -0.2) is 29.7 Å². The van der Waals surface area contributed by atoms with Crippen LogP contribution in [0.1, 0.15) is 0 Å². The van der Waals surface area contributed by atoms with E-state index in [0.29, 0.717) is 5.16 Å². The van der Waals surface area contributed by atoms with Gasteiger partial charge in [0, 0.05) is 35.9 Å². The Kier molecular flexibility index (Phi) is 4.53. The van der Waals surface area contributed by atoms with Crippen molar-refractivity contribution in [2.75, 3.05) is 0 Å². The zero-order chi connectivity index (χ0) is 19.8. The summed E-state index contributed by atoms with van der Waals surface area (Å²) in [7, 11) is 1.92. The fourth-order valence-electron chi connectivity index (χ4n) is 3.01. The van der Waals surface area contributed by atoms with E-state index in [1.807, 2.05) is 29.1 Å². The van der Waals surface area contributed by atoms with Crippen LogP contribution in [0.2, 0.25) is 0 Å². The maximum absolute atomic E-state index is 13.3. The van der Waals surface area contributed by atoms with Gasteiger partial charge in [-0.05, 0) is 41.6 Å². The molecule has 1 aromatic carbocycles. The van der Waals surface area contributed by atoms with Crippen molar-refractivity contribution in [1.29, 1.82) is 0 Å². The molecule has 0 N–H and O–H groups in total. The Balaban J connectivity index is 1.57. The van der Waals surface area contributed by atoms with Crippen LogP contribution in [0.4, 0.5) is 4.39 Å². The van der Waals surface area contributed by atoms with Gasteiger partial charge in [0.25, 0.3) is 0 Å². The molecular formula is C20H13FN6S2. The van der Waals surface area contributed by atoms with Gasteiger partial charge >= 0.3 is 0 Å². The summed E-state index contributed by atoms with van der Waals surface area (Å²) in [6, 6.07) is 10.2. The Bertz CT molecular complexity index is 1300. The van der Waals surface area contributed by atoms with Gasteiger partial charge < -0.3 is 4.57 Å². The molecule has 6 nitrogen and oxygen atoms in total. The first-order chi connectivity index (χ1) is 14.2. The summed E-state index contributed by atoms with van der Waals surface area (Å²) in [5.41, 5.74) is 2.84. The van der Waals surface area contributed by atoms with Gasteiger partial charge in [-0.2, -0.15) is 0 Å². The lowest BCUT2D eigenvalue weighted by Gasteiger charge is -2.06. The fraction of sp³-hybridized carbons (Fsp3) is 0.0500. The van der Waals surface area contributed by atoms with Crippen LogP contribution in [0, 0.1) is 5.82 Å². The van der Waals surface area contributed by atoms with Gasteiger partial charge in [0.15, 0.2) is 11.0 Å². The Hall–Kier alpha value is -3.17. The molecule has 4 aromatic heterocycles. The predicted molar refractivity (Wildman–Crippen MR) is 111 cm³/mol. The number of pyridine rings is 1. The Morgan fingerprint density at radius 3 is 2.55 bits per heavy atom. The smallest absolute Gasteiger partial charge is 0.197 e. The third kappa shape index (κ3) is 3.28. The van der Waals surface area contributed by atoms with E-state index in [2.05, 4.69) is 25.1 Å². The van der Waals surface area contributed by atoms with Gasteiger partial charge in [-0.25, -0.2) is 14.4 Å². The number of thiophene rings is 1. The van der Waals surface area contributed by atoms with Gasteiger partial charge in [-0.15, -0.1) is 21.5 Å². The molecule has 0 aliphatic rings. The van der Waals surface area contributed by atoms with Crippen LogP contribution in [0.15, 0.2) is 70.7 Å². The van der Waals surface area contributed by atoms with E-state index in [1.165, 1.54) is 35.2 Å². The quantitative estimate of drug-likeness (QED) is 0.388. The summed E-state index contributed by atoms with van der Waals surface area (Å²) in [6.45, 7) is 0. The number of halogens is 1. The molecule has 0 amide bonds.